The molecule has 0 aliphatic carbocycles. The van der Waals surface area contributed by atoms with Crippen LogP contribution in [0.5, 0.6) is 0 Å². The number of hydrogen-bond acceptors (Lipinski definition) is 4. The fourth-order valence-corrected chi connectivity index (χ4v) is 1.24. The average Bonchev–Trinajstić information content (AvgIpc) is 2.35. The lowest BCUT2D eigenvalue weighted by Crippen LogP contribution is -2.44. The average molecular weight is 222 g/mol. The van der Waals surface area contributed by atoms with Gasteiger partial charge in [0, 0.05) is 6.20 Å². The van der Waals surface area contributed by atoms with E-state index < -0.39 is 6.04 Å². The first kappa shape index (κ1) is 12.6. The van der Waals surface area contributed by atoms with E-state index in [1.807, 2.05) is 19.9 Å². The van der Waals surface area contributed by atoms with Crippen molar-refractivity contribution >= 4 is 5.91 Å². The molecule has 1 rings (SSSR count). The van der Waals surface area contributed by atoms with Crippen LogP contribution in [0.25, 0.3) is 0 Å². The maximum absolute atomic E-state index is 11.6. The summed E-state index contributed by atoms with van der Waals surface area (Å²) in [4.78, 5) is 11.6. The van der Waals surface area contributed by atoms with E-state index in [1.165, 1.54) is 0 Å². The van der Waals surface area contributed by atoms with Gasteiger partial charge in [-0.3, -0.25) is 4.79 Å². The summed E-state index contributed by atoms with van der Waals surface area (Å²) in [5.41, 5.74) is 6.52. The van der Waals surface area contributed by atoms with Gasteiger partial charge < -0.3 is 11.1 Å². The predicted molar refractivity (Wildman–Crippen MR) is 61.3 cm³/mol. The van der Waals surface area contributed by atoms with Crippen LogP contribution >= 0.6 is 0 Å². The van der Waals surface area contributed by atoms with Crippen molar-refractivity contribution in [1.82, 2.24) is 15.5 Å². The standard InChI is InChI=1S/C11H18N4O/c1-3-8(2)10(12)11(16)13-7-9-5-4-6-14-15-9/h4-6,8,10H,3,7,12H2,1-2H3,(H,13,16)/t8?,10-/m0/s1. The van der Waals surface area contributed by atoms with Crippen LogP contribution in [-0.4, -0.2) is 22.1 Å². The summed E-state index contributed by atoms with van der Waals surface area (Å²) in [5.74, 6) is 0.0434. The maximum Gasteiger partial charge on any atom is 0.237 e. The first-order valence-electron chi connectivity index (χ1n) is 5.45. The summed E-state index contributed by atoms with van der Waals surface area (Å²) in [6.07, 6.45) is 2.48. The van der Waals surface area contributed by atoms with E-state index >= 15 is 0 Å². The Kier molecular flexibility index (Phi) is 4.85. The molecule has 88 valence electrons. The molecule has 0 radical (unpaired) electrons. The van der Waals surface area contributed by atoms with Crippen LogP contribution < -0.4 is 11.1 Å². The Bertz CT molecular complexity index is 328. The Morgan fingerprint density at radius 3 is 2.94 bits per heavy atom. The fraction of sp³-hybridized carbons (Fsp3) is 0.545. The van der Waals surface area contributed by atoms with E-state index in [0.717, 1.165) is 12.1 Å². The topological polar surface area (TPSA) is 80.9 Å². The van der Waals surface area contributed by atoms with Gasteiger partial charge in [-0.2, -0.15) is 10.2 Å². The third-order valence-corrected chi connectivity index (χ3v) is 2.63. The van der Waals surface area contributed by atoms with Crippen LogP contribution in [-0.2, 0) is 11.3 Å². The zero-order valence-electron chi connectivity index (χ0n) is 9.68. The van der Waals surface area contributed by atoms with Crippen LogP contribution in [0.2, 0.25) is 0 Å². The molecule has 0 saturated heterocycles. The minimum absolute atomic E-state index is 0.139. The molecule has 1 aromatic heterocycles. The van der Waals surface area contributed by atoms with Gasteiger partial charge in [-0.1, -0.05) is 20.3 Å². The Morgan fingerprint density at radius 1 is 1.62 bits per heavy atom. The van der Waals surface area contributed by atoms with Gasteiger partial charge in [0.05, 0.1) is 18.3 Å². The van der Waals surface area contributed by atoms with E-state index in [-0.39, 0.29) is 11.8 Å². The largest absolute Gasteiger partial charge is 0.349 e. The number of nitrogens with one attached hydrogen (secondary N) is 1. The van der Waals surface area contributed by atoms with Crippen LogP contribution in [0, 0.1) is 5.92 Å². The van der Waals surface area contributed by atoms with E-state index in [1.54, 1.807) is 12.3 Å². The predicted octanol–water partition coefficient (Wildman–Crippen LogP) is 0.466. The molecule has 0 fully saturated rings. The number of aromatic nitrogens is 2. The fourth-order valence-electron chi connectivity index (χ4n) is 1.24. The second-order valence-electron chi connectivity index (χ2n) is 3.84. The molecule has 1 unspecified atom stereocenters. The molecule has 1 amide bonds. The van der Waals surface area contributed by atoms with Crippen molar-refractivity contribution in [2.75, 3.05) is 0 Å². The molecular weight excluding hydrogens is 204 g/mol. The summed E-state index contributed by atoms with van der Waals surface area (Å²) >= 11 is 0. The maximum atomic E-state index is 11.6. The summed E-state index contributed by atoms with van der Waals surface area (Å²) in [6.45, 7) is 4.35. The molecule has 0 aliphatic rings. The molecular formula is C11H18N4O. The molecule has 2 atom stereocenters. The highest BCUT2D eigenvalue weighted by molar-refractivity contribution is 5.81. The van der Waals surface area contributed by atoms with Crippen molar-refractivity contribution in [1.29, 1.82) is 0 Å². The third-order valence-electron chi connectivity index (χ3n) is 2.63. The van der Waals surface area contributed by atoms with E-state index in [9.17, 15) is 4.79 Å². The van der Waals surface area contributed by atoms with Crippen molar-refractivity contribution < 1.29 is 4.79 Å². The Balaban J connectivity index is 2.41. The molecule has 0 aromatic carbocycles. The van der Waals surface area contributed by atoms with Crippen molar-refractivity contribution in [3.05, 3.63) is 24.0 Å². The highest BCUT2D eigenvalue weighted by atomic mass is 16.2. The highest BCUT2D eigenvalue weighted by Gasteiger charge is 2.18. The Hall–Kier alpha value is -1.49. The lowest BCUT2D eigenvalue weighted by molar-refractivity contribution is -0.123. The van der Waals surface area contributed by atoms with Gasteiger partial charge >= 0.3 is 0 Å². The van der Waals surface area contributed by atoms with Crippen LogP contribution in [0.1, 0.15) is 26.0 Å². The van der Waals surface area contributed by atoms with Gasteiger partial charge in [0.25, 0.3) is 0 Å². The second-order valence-corrected chi connectivity index (χ2v) is 3.84. The van der Waals surface area contributed by atoms with Crippen molar-refractivity contribution in [2.24, 2.45) is 11.7 Å². The summed E-state index contributed by atoms with van der Waals surface area (Å²) in [7, 11) is 0. The number of nitrogens with zero attached hydrogens (tertiary/aromatic N) is 2. The summed E-state index contributed by atoms with van der Waals surface area (Å²) in [6, 6.07) is 3.13. The summed E-state index contributed by atoms with van der Waals surface area (Å²) < 4.78 is 0. The van der Waals surface area contributed by atoms with Gasteiger partial charge in [-0.05, 0) is 18.1 Å². The lowest BCUT2D eigenvalue weighted by Gasteiger charge is -2.17. The van der Waals surface area contributed by atoms with Crippen LogP contribution in [0.15, 0.2) is 18.3 Å². The van der Waals surface area contributed by atoms with E-state index in [0.29, 0.717) is 6.54 Å². The number of amides is 1. The molecule has 5 nitrogen and oxygen atoms in total. The molecule has 0 saturated carbocycles. The first-order valence-corrected chi connectivity index (χ1v) is 5.45. The summed E-state index contributed by atoms with van der Waals surface area (Å²) in [5, 5.41) is 10.3. The second kappa shape index (κ2) is 6.17. The number of carbonyl (C=O) groups excluding carboxylic acids is 1. The minimum Gasteiger partial charge on any atom is -0.349 e. The van der Waals surface area contributed by atoms with Gasteiger partial charge in [-0.15, -0.1) is 0 Å². The quantitative estimate of drug-likeness (QED) is 0.758. The molecule has 1 heterocycles. The molecule has 5 heteroatoms. The lowest BCUT2D eigenvalue weighted by atomic mass is 9.99. The number of carbonyl (C=O) groups is 1. The SMILES string of the molecule is CCC(C)[C@H](N)C(=O)NCc1cccnn1. The van der Waals surface area contributed by atoms with Gasteiger partial charge in [0.1, 0.15) is 0 Å². The van der Waals surface area contributed by atoms with Crippen molar-refractivity contribution in [3.8, 4) is 0 Å². The molecule has 3 N–H and O–H groups in total. The highest BCUT2D eigenvalue weighted by Crippen LogP contribution is 2.05. The molecule has 16 heavy (non-hydrogen) atoms. The van der Waals surface area contributed by atoms with Gasteiger partial charge in [-0.25, -0.2) is 0 Å². The zero-order valence-corrected chi connectivity index (χ0v) is 9.68. The minimum atomic E-state index is -0.457. The number of rotatable bonds is 5. The molecule has 0 bridgehead atoms. The van der Waals surface area contributed by atoms with Gasteiger partial charge in [0.2, 0.25) is 5.91 Å². The Labute approximate surface area is 95.4 Å². The van der Waals surface area contributed by atoms with Crippen LogP contribution in [0.4, 0.5) is 0 Å². The number of nitrogens with two attached hydrogens (primary N) is 1. The molecule has 0 spiro atoms. The normalized spacial score (nSPS) is 14.2. The third kappa shape index (κ3) is 3.58. The van der Waals surface area contributed by atoms with E-state index in [4.69, 9.17) is 5.73 Å². The number of hydrogen-bond donors (Lipinski definition) is 2. The van der Waals surface area contributed by atoms with Gasteiger partial charge in [0.15, 0.2) is 0 Å². The van der Waals surface area contributed by atoms with Crippen LogP contribution in [0.3, 0.4) is 0 Å². The first-order chi connectivity index (χ1) is 7.65. The van der Waals surface area contributed by atoms with E-state index in [2.05, 4.69) is 15.5 Å². The monoisotopic (exact) mass is 222 g/mol. The zero-order chi connectivity index (χ0) is 12.0. The molecule has 0 aliphatic heterocycles. The smallest absolute Gasteiger partial charge is 0.237 e. The molecule has 1 aromatic rings. The Morgan fingerprint density at radius 2 is 2.38 bits per heavy atom. The van der Waals surface area contributed by atoms with Crippen molar-refractivity contribution in [2.45, 2.75) is 32.9 Å². The van der Waals surface area contributed by atoms with Crippen molar-refractivity contribution in [3.63, 3.8) is 0 Å².